The maximum atomic E-state index is 12.9. The van der Waals surface area contributed by atoms with Crippen LogP contribution in [0.5, 0.6) is 0 Å². The van der Waals surface area contributed by atoms with E-state index in [1.54, 1.807) is 36.5 Å². The van der Waals surface area contributed by atoms with Gasteiger partial charge in [-0.2, -0.15) is 0 Å². The fourth-order valence-electron chi connectivity index (χ4n) is 4.31. The highest BCUT2D eigenvalue weighted by atomic mass is 16.2. The number of carbonyl (C=O) groups excluding carboxylic acids is 2. The van der Waals surface area contributed by atoms with Gasteiger partial charge in [0.1, 0.15) is 0 Å². The summed E-state index contributed by atoms with van der Waals surface area (Å²) in [5, 5.41) is 10.1. The number of fused-ring (bicyclic) bond motifs is 1. The zero-order chi connectivity index (χ0) is 28.8. The highest BCUT2D eigenvalue weighted by Gasteiger charge is 2.12. The number of carbonyl (C=O) groups is 2. The van der Waals surface area contributed by atoms with Gasteiger partial charge in [-0.3, -0.25) is 9.59 Å². The molecule has 0 bridgehead atoms. The fourth-order valence-corrected chi connectivity index (χ4v) is 4.31. The Kier molecular flexibility index (Phi) is 8.17. The van der Waals surface area contributed by atoms with Crippen molar-refractivity contribution in [1.29, 1.82) is 0 Å². The van der Waals surface area contributed by atoms with Crippen molar-refractivity contribution < 1.29 is 9.59 Å². The Bertz CT molecular complexity index is 1720. The van der Waals surface area contributed by atoms with Crippen LogP contribution in [-0.4, -0.2) is 52.3 Å². The molecule has 2 aromatic heterocycles. The number of aryl methyl sites for hydroxylation is 1. The topological polar surface area (TPSA) is 115 Å². The number of H-pyrrole nitrogens is 1. The second kappa shape index (κ2) is 12.3. The summed E-state index contributed by atoms with van der Waals surface area (Å²) in [7, 11) is 3.86. The van der Waals surface area contributed by atoms with Gasteiger partial charge in [0.05, 0.1) is 5.69 Å². The van der Waals surface area contributed by atoms with Gasteiger partial charge in [0.2, 0.25) is 11.9 Å². The van der Waals surface area contributed by atoms with Crippen LogP contribution in [0.1, 0.15) is 15.9 Å². The van der Waals surface area contributed by atoms with E-state index < -0.39 is 0 Å². The molecule has 5 aromatic rings. The minimum atomic E-state index is -0.265. The van der Waals surface area contributed by atoms with Crippen LogP contribution in [-0.2, 0) is 4.79 Å². The smallest absolute Gasteiger partial charge is 0.255 e. The van der Waals surface area contributed by atoms with E-state index in [4.69, 9.17) is 4.98 Å². The van der Waals surface area contributed by atoms with Crippen molar-refractivity contribution in [1.82, 2.24) is 19.9 Å². The maximum Gasteiger partial charge on any atom is 0.255 e. The second-order valence-electron chi connectivity index (χ2n) is 9.86. The first-order valence-corrected chi connectivity index (χ1v) is 13.2. The van der Waals surface area contributed by atoms with Crippen LogP contribution in [0.25, 0.3) is 22.2 Å². The number of anilines is 4. The number of aromatic amines is 1. The number of nitrogens with zero attached hydrogens (tertiary/aromatic N) is 3. The number of amides is 2. The summed E-state index contributed by atoms with van der Waals surface area (Å²) in [6, 6.07) is 22.2. The molecule has 0 fully saturated rings. The van der Waals surface area contributed by atoms with Crippen molar-refractivity contribution in [2.24, 2.45) is 0 Å². The van der Waals surface area contributed by atoms with Crippen molar-refractivity contribution in [2.45, 2.75) is 6.92 Å². The fraction of sp³-hybridized carbons (Fsp3) is 0.125. The third-order valence-corrected chi connectivity index (χ3v) is 6.35. The van der Waals surface area contributed by atoms with Crippen LogP contribution in [0.3, 0.4) is 0 Å². The Morgan fingerprint density at radius 2 is 1.71 bits per heavy atom. The molecule has 0 atom stereocenters. The van der Waals surface area contributed by atoms with Crippen molar-refractivity contribution in [3.8, 4) is 11.3 Å². The molecule has 2 amide bonds. The standard InChI is InChI=1S/C32H31N7O2/c1-21-19-34-32(38-30(21)27-20-33-28-11-5-4-10-26(27)28)37-25-9-6-8-24(18-25)36-31(41)22-13-15-23(16-14-22)35-29(40)12-7-17-39(2)3/h4-16,18-20,33H,17H2,1-3H3,(H,35,40)(H,36,41)(H,34,37,38). The summed E-state index contributed by atoms with van der Waals surface area (Å²) >= 11 is 0. The molecular weight excluding hydrogens is 514 g/mol. The lowest BCUT2D eigenvalue weighted by Gasteiger charge is -2.11. The van der Waals surface area contributed by atoms with Gasteiger partial charge in [-0.1, -0.05) is 30.3 Å². The number of rotatable bonds is 9. The van der Waals surface area contributed by atoms with E-state index in [9.17, 15) is 9.59 Å². The molecule has 4 N–H and O–H groups in total. The quantitative estimate of drug-likeness (QED) is 0.169. The molecule has 0 saturated heterocycles. The summed E-state index contributed by atoms with van der Waals surface area (Å²) in [5.74, 6) is -0.0350. The minimum absolute atomic E-state index is 0.223. The van der Waals surface area contributed by atoms with Gasteiger partial charge in [-0.15, -0.1) is 0 Å². The number of aromatic nitrogens is 3. The summed E-state index contributed by atoms with van der Waals surface area (Å²) in [6.45, 7) is 2.66. The predicted molar refractivity (Wildman–Crippen MR) is 165 cm³/mol. The lowest BCUT2D eigenvalue weighted by Crippen LogP contribution is -2.13. The zero-order valence-electron chi connectivity index (χ0n) is 23.1. The van der Waals surface area contributed by atoms with Crippen LogP contribution in [0.4, 0.5) is 23.0 Å². The Hall–Kier alpha value is -5.28. The van der Waals surface area contributed by atoms with E-state index in [1.807, 2.05) is 74.6 Å². The Morgan fingerprint density at radius 1 is 0.927 bits per heavy atom. The molecule has 0 saturated carbocycles. The van der Waals surface area contributed by atoms with Gasteiger partial charge in [-0.25, -0.2) is 9.97 Å². The number of hydrogen-bond donors (Lipinski definition) is 4. The van der Waals surface area contributed by atoms with Gasteiger partial charge in [-0.05, 0) is 75.1 Å². The molecule has 206 valence electrons. The monoisotopic (exact) mass is 545 g/mol. The van der Waals surface area contributed by atoms with E-state index in [0.29, 0.717) is 29.4 Å². The number of benzene rings is 3. The SMILES string of the molecule is Cc1cnc(Nc2cccc(NC(=O)c3ccc(NC(=O)C=CCN(C)C)cc3)c2)nc1-c1c[nH]c2ccccc12. The Morgan fingerprint density at radius 3 is 2.51 bits per heavy atom. The molecule has 0 spiro atoms. The van der Waals surface area contributed by atoms with Gasteiger partial charge in [0.15, 0.2) is 0 Å². The van der Waals surface area contributed by atoms with Crippen molar-refractivity contribution in [3.63, 3.8) is 0 Å². The molecule has 0 unspecified atom stereocenters. The first-order valence-electron chi connectivity index (χ1n) is 13.2. The largest absolute Gasteiger partial charge is 0.360 e. The lowest BCUT2D eigenvalue weighted by molar-refractivity contribution is -0.111. The van der Waals surface area contributed by atoms with Gasteiger partial charge >= 0.3 is 0 Å². The number of nitrogens with one attached hydrogen (secondary N) is 4. The zero-order valence-corrected chi connectivity index (χ0v) is 23.1. The van der Waals surface area contributed by atoms with Crippen molar-refractivity contribution in [2.75, 3.05) is 36.6 Å². The number of para-hydroxylation sites is 1. The summed E-state index contributed by atoms with van der Waals surface area (Å²) in [6.07, 6.45) is 7.04. The van der Waals surface area contributed by atoms with Crippen LogP contribution in [0, 0.1) is 6.92 Å². The minimum Gasteiger partial charge on any atom is -0.360 e. The average Bonchev–Trinajstić information content (AvgIpc) is 3.38. The molecule has 0 aliphatic carbocycles. The molecule has 3 aromatic carbocycles. The summed E-state index contributed by atoms with van der Waals surface area (Å²) in [4.78, 5) is 39.4. The molecule has 0 aliphatic rings. The van der Waals surface area contributed by atoms with Gasteiger partial charge in [0.25, 0.3) is 5.91 Å². The molecule has 41 heavy (non-hydrogen) atoms. The van der Waals surface area contributed by atoms with Crippen molar-refractivity contribution in [3.05, 3.63) is 108 Å². The van der Waals surface area contributed by atoms with E-state index >= 15 is 0 Å². The number of likely N-dealkylation sites (N-methyl/N-ethyl adjacent to an activating group) is 1. The first kappa shape index (κ1) is 27.3. The van der Waals surface area contributed by atoms with Crippen LogP contribution in [0.2, 0.25) is 0 Å². The highest BCUT2D eigenvalue weighted by Crippen LogP contribution is 2.30. The molecule has 0 radical (unpaired) electrons. The lowest BCUT2D eigenvalue weighted by atomic mass is 10.1. The van der Waals surface area contributed by atoms with Crippen LogP contribution >= 0.6 is 0 Å². The first-order chi connectivity index (χ1) is 19.9. The molecule has 2 heterocycles. The predicted octanol–water partition coefficient (Wildman–Crippen LogP) is 5.99. The van der Waals surface area contributed by atoms with Gasteiger partial charge in [0, 0.05) is 64.1 Å². The van der Waals surface area contributed by atoms with E-state index in [0.717, 1.165) is 33.4 Å². The van der Waals surface area contributed by atoms with E-state index in [-0.39, 0.29) is 11.8 Å². The molecule has 5 rings (SSSR count). The average molecular weight is 546 g/mol. The van der Waals surface area contributed by atoms with E-state index in [1.165, 1.54) is 6.08 Å². The summed E-state index contributed by atoms with van der Waals surface area (Å²) < 4.78 is 0. The van der Waals surface area contributed by atoms with Crippen LogP contribution < -0.4 is 16.0 Å². The number of hydrogen-bond acceptors (Lipinski definition) is 6. The van der Waals surface area contributed by atoms with Gasteiger partial charge < -0.3 is 25.8 Å². The second-order valence-corrected chi connectivity index (χ2v) is 9.86. The maximum absolute atomic E-state index is 12.9. The van der Waals surface area contributed by atoms with E-state index in [2.05, 4.69) is 32.0 Å². The van der Waals surface area contributed by atoms with Crippen LogP contribution in [0.15, 0.2) is 97.3 Å². The molecule has 9 nitrogen and oxygen atoms in total. The van der Waals surface area contributed by atoms with Crippen molar-refractivity contribution >= 4 is 45.7 Å². The third-order valence-electron chi connectivity index (χ3n) is 6.35. The molecule has 9 heteroatoms. The highest BCUT2D eigenvalue weighted by molar-refractivity contribution is 6.05. The molecule has 0 aliphatic heterocycles. The normalized spacial score (nSPS) is 11.2. The Balaban J connectivity index is 1.24. The molecular formula is C32H31N7O2. The third kappa shape index (κ3) is 6.84. The summed E-state index contributed by atoms with van der Waals surface area (Å²) in [5.41, 5.74) is 6.29. The Labute approximate surface area is 238 Å².